The Morgan fingerprint density at radius 1 is 1.10 bits per heavy atom. The molecule has 3 rings (SSSR count). The molecule has 0 bridgehead atoms. The Morgan fingerprint density at radius 2 is 1.74 bits per heavy atom. The van der Waals surface area contributed by atoms with Crippen molar-refractivity contribution in [2.75, 3.05) is 6.54 Å². The number of hydrogen-bond acceptors (Lipinski definition) is 4. The summed E-state index contributed by atoms with van der Waals surface area (Å²) >= 11 is 0. The largest absolute Gasteiger partial charge is 0.294 e. The van der Waals surface area contributed by atoms with Crippen LogP contribution >= 0.6 is 0 Å². The van der Waals surface area contributed by atoms with Gasteiger partial charge in [-0.3, -0.25) is 14.9 Å². The third-order valence-electron chi connectivity index (χ3n) is 4.91. The number of nitrogens with two attached hydrogens (primary N) is 1. The van der Waals surface area contributed by atoms with Crippen LogP contribution in [-0.4, -0.2) is 30.5 Å². The highest BCUT2D eigenvalue weighted by Crippen LogP contribution is 2.13. The van der Waals surface area contributed by atoms with Crippen LogP contribution in [0.1, 0.15) is 37.1 Å². The Kier molecular flexibility index (Phi) is 6.87. The molecule has 0 unspecified atom stereocenters. The molecule has 0 saturated carbocycles. The third kappa shape index (κ3) is 5.36. The fourth-order valence-corrected chi connectivity index (χ4v) is 3.85. The molecule has 0 spiro atoms. The van der Waals surface area contributed by atoms with E-state index < -0.39 is 10.0 Å². The highest BCUT2D eigenvalue weighted by atomic mass is 32.2. The maximum Gasteiger partial charge on any atom is 0.280 e. The Morgan fingerprint density at radius 3 is 2.32 bits per heavy atom. The molecule has 0 atom stereocenters. The van der Waals surface area contributed by atoms with Crippen molar-refractivity contribution in [1.29, 1.82) is 0 Å². The van der Waals surface area contributed by atoms with Gasteiger partial charge in [-0.25, -0.2) is 22.6 Å². The van der Waals surface area contributed by atoms with E-state index in [1.54, 1.807) is 31.2 Å². The number of aromatic nitrogens is 2. The van der Waals surface area contributed by atoms with Crippen LogP contribution in [0.15, 0.2) is 63.2 Å². The first-order valence-electron chi connectivity index (χ1n) is 9.93. The number of benzene rings is 2. The van der Waals surface area contributed by atoms with Gasteiger partial charge in [0, 0.05) is 18.0 Å². The van der Waals surface area contributed by atoms with Crippen molar-refractivity contribution >= 4 is 15.7 Å². The highest BCUT2D eigenvalue weighted by molar-refractivity contribution is 7.89. The molecule has 9 heteroatoms. The molecule has 7 nitrogen and oxygen atoms in total. The number of nitrogens with zero attached hydrogens (tertiary/aromatic N) is 2. The second-order valence-electron chi connectivity index (χ2n) is 7.24. The Balaban J connectivity index is 1.83. The molecule has 3 aromatic rings. The Bertz CT molecular complexity index is 1240. The minimum absolute atomic E-state index is 0.0637. The first-order chi connectivity index (χ1) is 14.7. The molecule has 0 saturated heterocycles. The van der Waals surface area contributed by atoms with Crippen LogP contribution in [0.2, 0.25) is 0 Å². The maximum atomic E-state index is 13.2. The summed E-state index contributed by atoms with van der Waals surface area (Å²) in [5, 5.41) is 8.24. The number of aryl methyl sites for hydroxylation is 1. The molecule has 0 fully saturated rings. The summed E-state index contributed by atoms with van der Waals surface area (Å²) in [7, 11) is -3.72. The molecule has 0 aliphatic rings. The van der Waals surface area contributed by atoms with Crippen molar-refractivity contribution in [1.82, 2.24) is 9.78 Å². The average molecular weight is 445 g/mol. The van der Waals surface area contributed by atoms with Crippen LogP contribution in [-0.2, 0) is 22.9 Å². The van der Waals surface area contributed by atoms with Gasteiger partial charge in [0.1, 0.15) is 5.82 Å². The van der Waals surface area contributed by atoms with Crippen molar-refractivity contribution in [3.05, 3.63) is 81.5 Å². The minimum Gasteiger partial charge on any atom is -0.294 e. The van der Waals surface area contributed by atoms with Crippen molar-refractivity contribution < 1.29 is 12.8 Å². The molecule has 31 heavy (non-hydrogen) atoms. The first kappa shape index (κ1) is 22.6. The van der Waals surface area contributed by atoms with E-state index in [1.165, 1.54) is 28.9 Å². The van der Waals surface area contributed by atoms with Gasteiger partial charge in [-0.1, -0.05) is 25.5 Å². The molecule has 3 N–H and O–H groups in total. The lowest BCUT2D eigenvalue weighted by molar-refractivity contribution is 0.597. The summed E-state index contributed by atoms with van der Waals surface area (Å²) in [6, 6.07) is 12.0. The number of aliphatic imine (C=N–C) groups is 1. The van der Waals surface area contributed by atoms with Gasteiger partial charge in [-0.05, 0) is 61.7 Å². The molecule has 164 valence electrons. The molecule has 0 aliphatic heterocycles. The number of nitrogens with one attached hydrogen (secondary N) is 1. The van der Waals surface area contributed by atoms with E-state index in [0.717, 1.165) is 17.7 Å². The molecule has 0 aliphatic carbocycles. The summed E-state index contributed by atoms with van der Waals surface area (Å²) in [4.78, 5) is 17.7. The highest BCUT2D eigenvalue weighted by Gasteiger charge is 2.17. The predicted octanol–water partition coefficient (Wildman–Crippen LogP) is 2.96. The summed E-state index contributed by atoms with van der Waals surface area (Å²) in [6.45, 7) is 4.26. The van der Waals surface area contributed by atoms with Gasteiger partial charge >= 0.3 is 0 Å². The fourth-order valence-electron chi connectivity index (χ4n) is 3.34. The van der Waals surface area contributed by atoms with Crippen LogP contribution in [0.3, 0.4) is 0 Å². The van der Waals surface area contributed by atoms with Crippen LogP contribution in [0.5, 0.6) is 0 Å². The van der Waals surface area contributed by atoms with Crippen LogP contribution in [0.4, 0.5) is 4.39 Å². The summed E-state index contributed by atoms with van der Waals surface area (Å²) in [5.41, 5.74) is 3.17. The summed E-state index contributed by atoms with van der Waals surface area (Å²) in [6.07, 6.45) is 2.11. The number of H-pyrrole nitrogens is 1. The molecular formula is C22H25FN4O3S. The molecule has 2 aromatic carbocycles. The number of rotatable bonds is 8. The topological polar surface area (TPSA) is 110 Å². The summed E-state index contributed by atoms with van der Waals surface area (Å²) < 4.78 is 37.3. The molecule has 1 heterocycles. The van der Waals surface area contributed by atoms with Crippen molar-refractivity contribution in [3.8, 4) is 5.69 Å². The minimum atomic E-state index is -3.72. The lowest BCUT2D eigenvalue weighted by atomic mass is 10.1. The first-order valence-corrected chi connectivity index (χ1v) is 11.5. The standard InChI is InChI=1S/C22H25FN4O3S/c1-3-4-20-21(22(28)27(26-20)18-9-7-17(23)8-10-18)15(2)25-14-13-16-5-11-19(12-6-16)31(24,29)30/h5-12,26H,3-4,13-14H2,1-2H3,(H2,24,29,30). The Labute approximate surface area is 180 Å². The molecule has 1 aromatic heterocycles. The lowest BCUT2D eigenvalue weighted by Gasteiger charge is -2.03. The second kappa shape index (κ2) is 9.40. The second-order valence-corrected chi connectivity index (χ2v) is 8.80. The van der Waals surface area contributed by atoms with Crippen molar-refractivity contribution in [2.24, 2.45) is 10.1 Å². The van der Waals surface area contributed by atoms with E-state index in [0.29, 0.717) is 36.3 Å². The lowest BCUT2D eigenvalue weighted by Crippen LogP contribution is -2.20. The maximum absolute atomic E-state index is 13.2. The molecular weight excluding hydrogens is 419 g/mol. The van der Waals surface area contributed by atoms with E-state index in [1.807, 2.05) is 6.92 Å². The number of sulfonamides is 1. The predicted molar refractivity (Wildman–Crippen MR) is 119 cm³/mol. The molecule has 0 amide bonds. The number of halogens is 1. The van der Waals surface area contributed by atoms with Crippen LogP contribution < -0.4 is 10.7 Å². The average Bonchev–Trinajstić information content (AvgIpc) is 3.04. The monoisotopic (exact) mass is 444 g/mol. The van der Waals surface area contributed by atoms with Gasteiger partial charge in [0.2, 0.25) is 10.0 Å². The van der Waals surface area contributed by atoms with Crippen molar-refractivity contribution in [3.63, 3.8) is 0 Å². The van der Waals surface area contributed by atoms with E-state index in [-0.39, 0.29) is 16.3 Å². The fraction of sp³-hybridized carbons (Fsp3) is 0.273. The van der Waals surface area contributed by atoms with E-state index in [2.05, 4.69) is 10.1 Å². The normalized spacial score (nSPS) is 12.3. The zero-order valence-corrected chi connectivity index (χ0v) is 18.2. The van der Waals surface area contributed by atoms with E-state index in [9.17, 15) is 17.6 Å². The zero-order chi connectivity index (χ0) is 22.6. The SMILES string of the molecule is CCCc1[nH]n(-c2ccc(F)cc2)c(=O)c1C(C)=NCCc1ccc(S(N)(=O)=O)cc1. The summed E-state index contributed by atoms with van der Waals surface area (Å²) in [5.74, 6) is -0.368. The third-order valence-corrected chi connectivity index (χ3v) is 5.84. The van der Waals surface area contributed by atoms with E-state index in [4.69, 9.17) is 5.14 Å². The van der Waals surface area contributed by atoms with Crippen LogP contribution in [0, 0.1) is 5.82 Å². The number of hydrogen-bond donors (Lipinski definition) is 2. The van der Waals surface area contributed by atoms with Gasteiger partial charge in [-0.2, -0.15) is 0 Å². The van der Waals surface area contributed by atoms with Gasteiger partial charge in [0.25, 0.3) is 5.56 Å². The zero-order valence-electron chi connectivity index (χ0n) is 17.4. The Hall–Kier alpha value is -3.04. The van der Waals surface area contributed by atoms with Gasteiger partial charge in [0.15, 0.2) is 0 Å². The van der Waals surface area contributed by atoms with Crippen LogP contribution in [0.25, 0.3) is 5.69 Å². The van der Waals surface area contributed by atoms with Gasteiger partial charge < -0.3 is 0 Å². The number of primary sulfonamides is 1. The van der Waals surface area contributed by atoms with E-state index >= 15 is 0 Å². The quantitative estimate of drug-likeness (QED) is 0.521. The molecule has 0 radical (unpaired) electrons. The number of aromatic amines is 1. The van der Waals surface area contributed by atoms with Gasteiger partial charge in [0.05, 0.1) is 16.1 Å². The van der Waals surface area contributed by atoms with Crippen molar-refractivity contribution in [2.45, 2.75) is 38.0 Å². The van der Waals surface area contributed by atoms with Gasteiger partial charge in [-0.15, -0.1) is 0 Å². The smallest absolute Gasteiger partial charge is 0.280 e.